The van der Waals surface area contributed by atoms with Gasteiger partial charge in [0, 0.05) is 0 Å². The highest BCUT2D eigenvalue weighted by Gasteiger charge is 2.17. The first-order chi connectivity index (χ1) is 8.04. The molecule has 0 saturated heterocycles. The van der Waals surface area contributed by atoms with E-state index in [0.717, 1.165) is 18.9 Å². The van der Waals surface area contributed by atoms with Crippen molar-refractivity contribution in [2.24, 2.45) is 0 Å². The lowest BCUT2D eigenvalue weighted by Crippen LogP contribution is -2.34. The largest absolute Gasteiger partial charge is 0.488 e. The Morgan fingerprint density at radius 1 is 1.41 bits per heavy atom. The summed E-state index contributed by atoms with van der Waals surface area (Å²) in [7, 11) is -1.68. The van der Waals surface area contributed by atoms with Crippen molar-refractivity contribution >= 4 is 12.6 Å². The maximum Gasteiger partial charge on any atom is 0.488 e. The van der Waals surface area contributed by atoms with Crippen LogP contribution in [0.15, 0.2) is 18.2 Å². The zero-order chi connectivity index (χ0) is 12.8. The fraction of sp³-hybridized carbons (Fsp3) is 0.500. The smallest absolute Gasteiger partial charge is 0.423 e. The SMILES string of the molecule is CCCC(C)OCc1ccc(F)cc1B(O)O. The third kappa shape index (κ3) is 4.46. The van der Waals surface area contributed by atoms with Crippen molar-refractivity contribution in [1.29, 1.82) is 0 Å². The van der Waals surface area contributed by atoms with Gasteiger partial charge in [-0.15, -0.1) is 0 Å². The van der Waals surface area contributed by atoms with E-state index in [9.17, 15) is 4.39 Å². The lowest BCUT2D eigenvalue weighted by molar-refractivity contribution is 0.0475. The average molecular weight is 240 g/mol. The molecule has 0 aliphatic rings. The minimum absolute atomic E-state index is 0.105. The summed E-state index contributed by atoms with van der Waals surface area (Å²) in [6.45, 7) is 4.29. The van der Waals surface area contributed by atoms with Crippen molar-refractivity contribution in [2.75, 3.05) is 0 Å². The molecule has 94 valence electrons. The summed E-state index contributed by atoms with van der Waals surface area (Å²) >= 11 is 0. The van der Waals surface area contributed by atoms with Crippen LogP contribution in [0.1, 0.15) is 32.3 Å². The summed E-state index contributed by atoms with van der Waals surface area (Å²) in [5, 5.41) is 18.3. The van der Waals surface area contributed by atoms with Crippen LogP contribution < -0.4 is 5.46 Å². The molecule has 0 fully saturated rings. The van der Waals surface area contributed by atoms with Crippen LogP contribution in [0.4, 0.5) is 4.39 Å². The standard InChI is InChI=1S/C12H18BFO3/c1-3-4-9(2)17-8-10-5-6-11(14)7-12(10)13(15)16/h5-7,9,15-16H,3-4,8H2,1-2H3. The zero-order valence-electron chi connectivity index (χ0n) is 10.2. The van der Waals surface area contributed by atoms with Crippen LogP contribution in [-0.2, 0) is 11.3 Å². The maximum atomic E-state index is 13.0. The van der Waals surface area contributed by atoms with Crippen molar-refractivity contribution in [1.82, 2.24) is 0 Å². The normalized spacial score (nSPS) is 12.5. The van der Waals surface area contributed by atoms with E-state index in [1.807, 2.05) is 6.92 Å². The molecule has 1 aromatic carbocycles. The maximum absolute atomic E-state index is 13.0. The molecule has 2 N–H and O–H groups in total. The Morgan fingerprint density at radius 2 is 2.12 bits per heavy atom. The van der Waals surface area contributed by atoms with Crippen LogP contribution in [0.5, 0.6) is 0 Å². The van der Waals surface area contributed by atoms with Gasteiger partial charge in [-0.05, 0) is 36.5 Å². The molecule has 1 aromatic rings. The predicted molar refractivity (Wildman–Crippen MR) is 65.4 cm³/mol. The van der Waals surface area contributed by atoms with Gasteiger partial charge in [-0.1, -0.05) is 19.4 Å². The van der Waals surface area contributed by atoms with Gasteiger partial charge in [0.15, 0.2) is 0 Å². The van der Waals surface area contributed by atoms with Gasteiger partial charge in [0.25, 0.3) is 0 Å². The van der Waals surface area contributed by atoms with Crippen LogP contribution in [0.25, 0.3) is 0 Å². The van der Waals surface area contributed by atoms with Gasteiger partial charge >= 0.3 is 7.12 Å². The second-order valence-corrected chi connectivity index (χ2v) is 4.13. The van der Waals surface area contributed by atoms with Gasteiger partial charge in [-0.2, -0.15) is 0 Å². The molecule has 0 spiro atoms. The van der Waals surface area contributed by atoms with E-state index in [1.54, 1.807) is 0 Å². The van der Waals surface area contributed by atoms with Gasteiger partial charge in [-0.25, -0.2) is 4.39 Å². The summed E-state index contributed by atoms with van der Waals surface area (Å²) in [6.07, 6.45) is 2.08. The molecule has 0 saturated carbocycles. The first-order valence-electron chi connectivity index (χ1n) is 5.80. The molecule has 1 rings (SSSR count). The van der Waals surface area contributed by atoms with E-state index in [-0.39, 0.29) is 18.2 Å². The van der Waals surface area contributed by atoms with Crippen LogP contribution in [0, 0.1) is 5.82 Å². The highest BCUT2D eigenvalue weighted by molar-refractivity contribution is 6.59. The van der Waals surface area contributed by atoms with Crippen molar-refractivity contribution in [3.63, 3.8) is 0 Å². The molecular formula is C12H18BFO3. The Kier molecular flexibility index (Phi) is 5.61. The molecule has 3 nitrogen and oxygen atoms in total. The highest BCUT2D eigenvalue weighted by Crippen LogP contribution is 2.07. The lowest BCUT2D eigenvalue weighted by atomic mass is 9.77. The summed E-state index contributed by atoms with van der Waals surface area (Å²) in [4.78, 5) is 0. The number of hydrogen-bond acceptors (Lipinski definition) is 3. The third-order valence-corrected chi connectivity index (χ3v) is 2.60. The quantitative estimate of drug-likeness (QED) is 0.735. The first kappa shape index (κ1) is 14.2. The molecular weight excluding hydrogens is 222 g/mol. The number of halogens is 1. The molecule has 1 atom stereocenters. The molecule has 0 radical (unpaired) electrons. The number of rotatable bonds is 6. The minimum Gasteiger partial charge on any atom is -0.423 e. The number of hydrogen-bond donors (Lipinski definition) is 2. The number of benzene rings is 1. The Labute approximate surface area is 101 Å². The van der Waals surface area contributed by atoms with Gasteiger partial charge in [0.1, 0.15) is 5.82 Å². The van der Waals surface area contributed by atoms with Crippen LogP contribution in [0.2, 0.25) is 0 Å². The Balaban J connectivity index is 2.70. The van der Waals surface area contributed by atoms with Gasteiger partial charge in [0.2, 0.25) is 0 Å². The van der Waals surface area contributed by atoms with Gasteiger partial charge in [0.05, 0.1) is 12.7 Å². The summed E-state index contributed by atoms with van der Waals surface area (Å²) < 4.78 is 18.5. The minimum atomic E-state index is -1.68. The molecule has 0 aliphatic heterocycles. The highest BCUT2D eigenvalue weighted by atomic mass is 19.1. The fourth-order valence-corrected chi connectivity index (χ4v) is 1.66. The van der Waals surface area contributed by atoms with Crippen molar-refractivity contribution in [2.45, 2.75) is 39.4 Å². The van der Waals surface area contributed by atoms with Gasteiger partial charge < -0.3 is 14.8 Å². The first-order valence-corrected chi connectivity index (χ1v) is 5.80. The summed E-state index contributed by atoms with van der Waals surface area (Å²) in [6, 6.07) is 3.92. The molecule has 1 unspecified atom stereocenters. The van der Waals surface area contributed by atoms with E-state index in [4.69, 9.17) is 14.8 Å². The second kappa shape index (κ2) is 6.74. The van der Waals surface area contributed by atoms with E-state index >= 15 is 0 Å². The third-order valence-electron chi connectivity index (χ3n) is 2.60. The molecule has 0 aliphatic carbocycles. The molecule has 17 heavy (non-hydrogen) atoms. The van der Waals surface area contributed by atoms with Gasteiger partial charge in [-0.3, -0.25) is 0 Å². The van der Waals surface area contributed by atoms with E-state index in [1.165, 1.54) is 12.1 Å². The molecule has 0 heterocycles. The second-order valence-electron chi connectivity index (χ2n) is 4.13. The Bertz CT molecular complexity index is 358. The van der Waals surface area contributed by atoms with Crippen LogP contribution in [-0.4, -0.2) is 23.3 Å². The Hall–Kier alpha value is -0.905. The van der Waals surface area contributed by atoms with Crippen molar-refractivity contribution in [3.8, 4) is 0 Å². The predicted octanol–water partition coefficient (Wildman–Crippen LogP) is 1.21. The monoisotopic (exact) mass is 240 g/mol. The van der Waals surface area contributed by atoms with Crippen LogP contribution in [0.3, 0.4) is 0 Å². The Morgan fingerprint density at radius 3 is 2.71 bits per heavy atom. The molecule has 5 heteroatoms. The number of ether oxygens (including phenoxy) is 1. The molecule has 0 amide bonds. The van der Waals surface area contributed by atoms with Crippen molar-refractivity contribution in [3.05, 3.63) is 29.6 Å². The summed E-state index contributed by atoms with van der Waals surface area (Å²) in [5.41, 5.74) is 0.762. The van der Waals surface area contributed by atoms with Crippen LogP contribution >= 0.6 is 0 Å². The zero-order valence-corrected chi connectivity index (χ0v) is 10.2. The fourth-order valence-electron chi connectivity index (χ4n) is 1.66. The summed E-state index contributed by atoms with van der Waals surface area (Å²) in [5.74, 6) is -0.488. The van der Waals surface area contributed by atoms with Crippen molar-refractivity contribution < 1.29 is 19.2 Å². The van der Waals surface area contributed by atoms with E-state index < -0.39 is 12.9 Å². The lowest BCUT2D eigenvalue weighted by Gasteiger charge is -2.14. The molecule has 0 bridgehead atoms. The topological polar surface area (TPSA) is 49.7 Å². The average Bonchev–Trinajstić information content (AvgIpc) is 2.27. The van der Waals surface area contributed by atoms with E-state index in [0.29, 0.717) is 5.56 Å². The molecule has 0 aromatic heterocycles. The van der Waals surface area contributed by atoms with E-state index in [2.05, 4.69) is 6.92 Å².